The van der Waals surface area contributed by atoms with Gasteiger partial charge in [0.05, 0.1) is 19.1 Å². The van der Waals surface area contributed by atoms with Crippen molar-refractivity contribution in [2.75, 3.05) is 31.3 Å². The quantitative estimate of drug-likeness (QED) is 0.614. The molecule has 1 fully saturated rings. The van der Waals surface area contributed by atoms with Gasteiger partial charge in [-0.2, -0.15) is 0 Å². The van der Waals surface area contributed by atoms with Crippen LogP contribution in [0.3, 0.4) is 0 Å². The largest absolute Gasteiger partial charge is 0.466 e. The lowest BCUT2D eigenvalue weighted by atomic mass is 9.82. The summed E-state index contributed by atoms with van der Waals surface area (Å²) < 4.78 is 17.1. The van der Waals surface area contributed by atoms with Crippen molar-refractivity contribution < 1.29 is 23.8 Å². The van der Waals surface area contributed by atoms with E-state index in [4.69, 9.17) is 14.2 Å². The van der Waals surface area contributed by atoms with Crippen LogP contribution in [0.15, 0.2) is 16.7 Å². The molecule has 0 aromatic carbocycles. The Bertz CT molecular complexity index is 704. The first kappa shape index (κ1) is 22.6. The fraction of sp³-hybridized carbons (Fsp3) is 0.650. The van der Waals surface area contributed by atoms with E-state index in [0.29, 0.717) is 32.0 Å². The molecule has 0 unspecified atom stereocenters. The third kappa shape index (κ3) is 5.67. The highest BCUT2D eigenvalue weighted by Gasteiger charge is 2.37. The van der Waals surface area contributed by atoms with Crippen molar-refractivity contribution in [1.29, 1.82) is 0 Å². The number of anilines is 1. The number of carbonyl (C=O) groups is 2. The second-order valence-electron chi connectivity index (χ2n) is 7.62. The van der Waals surface area contributed by atoms with Crippen LogP contribution in [-0.4, -0.2) is 49.0 Å². The highest BCUT2D eigenvalue weighted by atomic mass is 79.9. The minimum atomic E-state index is -0.619. The Kier molecular flexibility index (Phi) is 7.83. The van der Waals surface area contributed by atoms with Gasteiger partial charge in [-0.15, -0.1) is 0 Å². The first-order chi connectivity index (χ1) is 13.2. The molecule has 1 aromatic rings. The third-order valence-electron chi connectivity index (χ3n) is 4.39. The second-order valence-corrected chi connectivity index (χ2v) is 8.54. The molecule has 0 saturated carbocycles. The summed E-state index contributed by atoms with van der Waals surface area (Å²) in [5, 5.41) is 0. The molecule has 28 heavy (non-hydrogen) atoms. The smallest absolute Gasteiger partial charge is 0.415 e. The fourth-order valence-corrected chi connectivity index (χ4v) is 3.57. The Morgan fingerprint density at radius 3 is 2.68 bits per heavy atom. The van der Waals surface area contributed by atoms with Crippen LogP contribution in [-0.2, 0) is 19.0 Å². The number of esters is 1. The van der Waals surface area contributed by atoms with Crippen molar-refractivity contribution in [2.45, 2.75) is 52.6 Å². The topological polar surface area (TPSA) is 78.0 Å². The molecule has 1 aliphatic rings. The van der Waals surface area contributed by atoms with Crippen LogP contribution in [0.4, 0.5) is 10.6 Å². The van der Waals surface area contributed by atoms with Gasteiger partial charge in [0.2, 0.25) is 0 Å². The summed E-state index contributed by atoms with van der Waals surface area (Å²) in [4.78, 5) is 31.3. The SMILES string of the molecule is CCOC(=O)[C@H]1COCC[C@@H]1c1cc(Br)cnc1N(CC)C(=O)OC(C)(C)C. The Morgan fingerprint density at radius 2 is 2.07 bits per heavy atom. The maximum atomic E-state index is 12.8. The number of ether oxygens (including phenoxy) is 3. The van der Waals surface area contributed by atoms with E-state index in [-0.39, 0.29) is 18.5 Å². The van der Waals surface area contributed by atoms with Gasteiger partial charge in [-0.3, -0.25) is 9.69 Å². The summed E-state index contributed by atoms with van der Waals surface area (Å²) in [5.41, 5.74) is 0.190. The molecule has 0 N–H and O–H groups in total. The highest BCUT2D eigenvalue weighted by Crippen LogP contribution is 2.38. The monoisotopic (exact) mass is 456 g/mol. The number of carbonyl (C=O) groups excluding carboxylic acids is 2. The fourth-order valence-electron chi connectivity index (χ4n) is 3.22. The predicted molar refractivity (Wildman–Crippen MR) is 109 cm³/mol. The van der Waals surface area contributed by atoms with E-state index in [2.05, 4.69) is 20.9 Å². The summed E-state index contributed by atoms with van der Waals surface area (Å²) in [6, 6.07) is 1.91. The summed E-state index contributed by atoms with van der Waals surface area (Å²) in [5.74, 6) is -0.398. The molecule has 1 aliphatic heterocycles. The summed E-state index contributed by atoms with van der Waals surface area (Å²) in [6.07, 6.45) is 1.82. The first-order valence-corrected chi connectivity index (χ1v) is 10.4. The highest BCUT2D eigenvalue weighted by molar-refractivity contribution is 9.10. The third-order valence-corrected chi connectivity index (χ3v) is 4.83. The Hall–Kier alpha value is -1.67. The Balaban J connectivity index is 2.44. The number of hydrogen-bond acceptors (Lipinski definition) is 6. The van der Waals surface area contributed by atoms with E-state index in [0.717, 1.165) is 10.0 Å². The zero-order chi connectivity index (χ0) is 20.9. The Labute approximate surface area is 174 Å². The molecular formula is C20H29BrN2O5. The number of amides is 1. The standard InChI is InChI=1S/C20H29BrN2O5/c1-6-23(19(25)28-20(3,4)5)17-15(10-13(21)11-22-17)14-8-9-26-12-16(14)18(24)27-7-2/h10-11,14,16H,6-9,12H2,1-5H3/t14-,16+/m1/s1. The summed E-state index contributed by atoms with van der Waals surface area (Å²) in [6.45, 7) is 10.6. The van der Waals surface area contributed by atoms with Crippen LogP contribution in [0, 0.1) is 5.92 Å². The van der Waals surface area contributed by atoms with Crippen LogP contribution >= 0.6 is 15.9 Å². The van der Waals surface area contributed by atoms with Crippen molar-refractivity contribution >= 4 is 33.8 Å². The van der Waals surface area contributed by atoms with E-state index in [1.54, 1.807) is 13.1 Å². The minimum Gasteiger partial charge on any atom is -0.466 e. The number of rotatable bonds is 5. The molecule has 0 radical (unpaired) electrons. The number of nitrogens with zero attached hydrogens (tertiary/aromatic N) is 2. The van der Waals surface area contributed by atoms with Crippen LogP contribution in [0.2, 0.25) is 0 Å². The van der Waals surface area contributed by atoms with Gasteiger partial charge < -0.3 is 14.2 Å². The van der Waals surface area contributed by atoms with Crippen molar-refractivity contribution in [3.8, 4) is 0 Å². The van der Waals surface area contributed by atoms with Crippen LogP contribution in [0.25, 0.3) is 0 Å². The molecule has 1 amide bonds. The van der Waals surface area contributed by atoms with E-state index in [9.17, 15) is 9.59 Å². The van der Waals surface area contributed by atoms with Crippen LogP contribution in [0.5, 0.6) is 0 Å². The van der Waals surface area contributed by atoms with Gasteiger partial charge in [-0.1, -0.05) is 0 Å². The zero-order valence-electron chi connectivity index (χ0n) is 17.2. The van der Waals surface area contributed by atoms with Gasteiger partial charge in [-0.25, -0.2) is 9.78 Å². The summed E-state index contributed by atoms with van der Waals surface area (Å²) in [7, 11) is 0. The summed E-state index contributed by atoms with van der Waals surface area (Å²) >= 11 is 3.46. The van der Waals surface area contributed by atoms with Crippen molar-refractivity contribution in [1.82, 2.24) is 4.98 Å². The average Bonchev–Trinajstić information content (AvgIpc) is 2.62. The molecule has 2 rings (SSSR count). The van der Waals surface area contributed by atoms with Gasteiger partial charge in [0.1, 0.15) is 11.4 Å². The molecule has 0 spiro atoms. The predicted octanol–water partition coefficient (Wildman–Crippen LogP) is 4.29. The molecule has 0 bridgehead atoms. The average molecular weight is 457 g/mol. The van der Waals surface area contributed by atoms with Gasteiger partial charge in [0.15, 0.2) is 0 Å². The molecular weight excluding hydrogens is 428 g/mol. The van der Waals surface area contributed by atoms with E-state index >= 15 is 0 Å². The van der Waals surface area contributed by atoms with Gasteiger partial charge in [0.25, 0.3) is 0 Å². The molecule has 2 atom stereocenters. The van der Waals surface area contributed by atoms with Crippen molar-refractivity contribution in [3.05, 3.63) is 22.3 Å². The van der Waals surface area contributed by atoms with Crippen LogP contribution < -0.4 is 4.90 Å². The maximum absolute atomic E-state index is 12.8. The molecule has 1 saturated heterocycles. The number of hydrogen-bond donors (Lipinski definition) is 0. The van der Waals surface area contributed by atoms with E-state index in [1.807, 2.05) is 33.8 Å². The Morgan fingerprint density at radius 1 is 1.36 bits per heavy atom. The number of pyridine rings is 1. The molecule has 0 aliphatic carbocycles. The lowest BCUT2D eigenvalue weighted by Gasteiger charge is -2.33. The molecule has 2 heterocycles. The second kappa shape index (κ2) is 9.69. The van der Waals surface area contributed by atoms with E-state index < -0.39 is 17.6 Å². The molecule has 156 valence electrons. The van der Waals surface area contributed by atoms with Crippen LogP contribution in [0.1, 0.15) is 52.5 Å². The maximum Gasteiger partial charge on any atom is 0.415 e. The number of aromatic nitrogens is 1. The van der Waals surface area contributed by atoms with Crippen molar-refractivity contribution in [2.24, 2.45) is 5.92 Å². The lowest BCUT2D eigenvalue weighted by Crippen LogP contribution is -2.39. The van der Waals surface area contributed by atoms with Gasteiger partial charge in [-0.05, 0) is 63.0 Å². The van der Waals surface area contributed by atoms with Gasteiger partial charge in [0, 0.05) is 35.3 Å². The minimum absolute atomic E-state index is 0.163. The zero-order valence-corrected chi connectivity index (χ0v) is 18.7. The first-order valence-electron chi connectivity index (χ1n) is 9.58. The lowest BCUT2D eigenvalue weighted by molar-refractivity contribution is -0.153. The molecule has 8 heteroatoms. The number of halogens is 1. The normalized spacial score (nSPS) is 19.8. The van der Waals surface area contributed by atoms with E-state index in [1.165, 1.54) is 4.90 Å². The van der Waals surface area contributed by atoms with Gasteiger partial charge >= 0.3 is 12.1 Å². The van der Waals surface area contributed by atoms with Crippen molar-refractivity contribution in [3.63, 3.8) is 0 Å². The molecule has 7 nitrogen and oxygen atoms in total. The molecule has 1 aromatic heterocycles.